The highest BCUT2D eigenvalue weighted by atomic mass is 35.5. The van der Waals surface area contributed by atoms with E-state index in [0.29, 0.717) is 0 Å². The molecule has 0 fully saturated rings. The molecule has 0 atom stereocenters. The van der Waals surface area contributed by atoms with E-state index >= 15 is 0 Å². The molecule has 2 aromatic rings. The first kappa shape index (κ1) is 16.3. The van der Waals surface area contributed by atoms with Gasteiger partial charge >= 0.3 is 0 Å². The maximum atomic E-state index is 5.87. The molecule has 0 aliphatic heterocycles. The molecule has 0 radical (unpaired) electrons. The Morgan fingerprint density at radius 1 is 1.05 bits per heavy atom. The van der Waals surface area contributed by atoms with Crippen molar-refractivity contribution in [1.29, 1.82) is 0 Å². The minimum Gasteiger partial charge on any atom is -0.308 e. The lowest BCUT2D eigenvalue weighted by atomic mass is 10.1. The first-order valence-electron chi connectivity index (χ1n) is 6.85. The average molecular weight is 322 g/mol. The summed E-state index contributed by atoms with van der Waals surface area (Å²) < 4.78 is 0. The second kappa shape index (κ2) is 7.25. The van der Waals surface area contributed by atoms with Crippen molar-refractivity contribution in [3.8, 4) is 0 Å². The van der Waals surface area contributed by atoms with Crippen LogP contribution in [-0.4, -0.2) is 15.5 Å². The van der Waals surface area contributed by atoms with Crippen molar-refractivity contribution in [1.82, 2.24) is 15.3 Å². The van der Waals surface area contributed by atoms with Gasteiger partial charge in [-0.2, -0.15) is 0 Å². The summed E-state index contributed by atoms with van der Waals surface area (Å²) in [5, 5.41) is 4.98. The molecular formula is C16H20ClN3S. The minimum atomic E-state index is 0.0992. The number of halogens is 1. The van der Waals surface area contributed by atoms with E-state index in [9.17, 15) is 0 Å². The summed E-state index contributed by atoms with van der Waals surface area (Å²) in [4.78, 5) is 8.80. The van der Waals surface area contributed by atoms with Gasteiger partial charge in [0.2, 0.25) is 0 Å². The zero-order chi connectivity index (χ0) is 15.3. The van der Waals surface area contributed by atoms with Crippen LogP contribution < -0.4 is 5.32 Å². The number of hydrogen-bond acceptors (Lipinski definition) is 4. The van der Waals surface area contributed by atoms with E-state index in [2.05, 4.69) is 36.1 Å². The van der Waals surface area contributed by atoms with E-state index in [1.54, 1.807) is 11.8 Å². The average Bonchev–Trinajstić information content (AvgIpc) is 2.45. The van der Waals surface area contributed by atoms with E-state index in [1.807, 2.05) is 36.7 Å². The van der Waals surface area contributed by atoms with Crippen molar-refractivity contribution in [2.75, 3.05) is 0 Å². The van der Waals surface area contributed by atoms with Crippen LogP contribution in [0, 0.1) is 0 Å². The molecule has 0 unspecified atom stereocenters. The molecule has 0 amide bonds. The predicted molar refractivity (Wildman–Crippen MR) is 89.6 cm³/mol. The quantitative estimate of drug-likeness (QED) is 0.657. The fourth-order valence-electron chi connectivity index (χ4n) is 1.60. The highest BCUT2D eigenvalue weighted by molar-refractivity contribution is 7.98. The number of thioether (sulfide) groups is 1. The van der Waals surface area contributed by atoms with Crippen LogP contribution in [0.3, 0.4) is 0 Å². The summed E-state index contributed by atoms with van der Waals surface area (Å²) in [5.74, 6) is 0.844. The molecule has 112 valence electrons. The third-order valence-electron chi connectivity index (χ3n) is 2.79. The Morgan fingerprint density at radius 2 is 1.67 bits per heavy atom. The van der Waals surface area contributed by atoms with Crippen molar-refractivity contribution in [3.05, 3.63) is 52.8 Å². The Labute approximate surface area is 135 Å². The highest BCUT2D eigenvalue weighted by Gasteiger charge is 2.08. The van der Waals surface area contributed by atoms with E-state index in [1.165, 1.54) is 5.56 Å². The lowest BCUT2D eigenvalue weighted by Crippen LogP contribution is -2.35. The molecule has 0 saturated carbocycles. The van der Waals surface area contributed by atoms with Crippen LogP contribution in [0.1, 0.15) is 31.9 Å². The molecule has 21 heavy (non-hydrogen) atoms. The van der Waals surface area contributed by atoms with Gasteiger partial charge < -0.3 is 5.32 Å². The van der Waals surface area contributed by atoms with Crippen LogP contribution in [0.5, 0.6) is 0 Å². The van der Waals surface area contributed by atoms with Crippen LogP contribution >= 0.6 is 23.4 Å². The zero-order valence-corrected chi connectivity index (χ0v) is 14.1. The second-order valence-electron chi connectivity index (χ2n) is 5.89. The van der Waals surface area contributed by atoms with Crippen molar-refractivity contribution in [2.24, 2.45) is 0 Å². The normalized spacial score (nSPS) is 11.6. The van der Waals surface area contributed by atoms with Gasteiger partial charge in [-0.1, -0.05) is 35.5 Å². The van der Waals surface area contributed by atoms with Gasteiger partial charge in [-0.3, -0.25) is 0 Å². The number of hydrogen-bond donors (Lipinski definition) is 1. The van der Waals surface area contributed by atoms with Crippen LogP contribution in [0.4, 0.5) is 0 Å². The molecule has 1 aromatic carbocycles. The molecule has 0 aliphatic rings. The first-order chi connectivity index (χ1) is 9.92. The van der Waals surface area contributed by atoms with Gasteiger partial charge in [-0.15, -0.1) is 0 Å². The molecule has 5 heteroatoms. The van der Waals surface area contributed by atoms with Crippen LogP contribution in [0.2, 0.25) is 5.02 Å². The molecule has 1 N–H and O–H groups in total. The zero-order valence-electron chi connectivity index (χ0n) is 12.6. The number of benzene rings is 1. The lowest BCUT2D eigenvalue weighted by Gasteiger charge is -2.20. The van der Waals surface area contributed by atoms with Crippen molar-refractivity contribution in [2.45, 2.75) is 43.8 Å². The van der Waals surface area contributed by atoms with E-state index < -0.39 is 0 Å². The molecule has 0 saturated heterocycles. The van der Waals surface area contributed by atoms with Gasteiger partial charge in [0.05, 0.1) is 0 Å². The molecular weight excluding hydrogens is 302 g/mol. The largest absolute Gasteiger partial charge is 0.308 e. The van der Waals surface area contributed by atoms with Crippen molar-refractivity contribution < 1.29 is 0 Å². The summed E-state index contributed by atoms with van der Waals surface area (Å²) in [5.41, 5.74) is 2.41. The number of aromatic nitrogens is 2. The molecule has 1 aromatic heterocycles. The Hall–Kier alpha value is -1.10. The third kappa shape index (κ3) is 6.04. The summed E-state index contributed by atoms with van der Waals surface area (Å²) in [6.45, 7) is 7.21. The summed E-state index contributed by atoms with van der Waals surface area (Å²) >= 11 is 7.50. The van der Waals surface area contributed by atoms with Gasteiger partial charge in [-0.05, 0) is 38.5 Å². The Morgan fingerprint density at radius 3 is 2.24 bits per heavy atom. The molecule has 1 heterocycles. The summed E-state index contributed by atoms with van der Waals surface area (Å²) in [7, 11) is 0. The summed E-state index contributed by atoms with van der Waals surface area (Å²) in [6.07, 6.45) is 3.77. The van der Waals surface area contributed by atoms with Crippen LogP contribution in [-0.2, 0) is 12.3 Å². The van der Waals surface area contributed by atoms with Gasteiger partial charge in [0.1, 0.15) is 0 Å². The minimum absolute atomic E-state index is 0.0992. The second-order valence-corrected chi connectivity index (χ2v) is 7.27. The van der Waals surface area contributed by atoms with E-state index in [4.69, 9.17) is 11.6 Å². The topological polar surface area (TPSA) is 37.8 Å². The third-order valence-corrected chi connectivity index (χ3v) is 3.98. The van der Waals surface area contributed by atoms with Gasteiger partial charge in [-0.25, -0.2) is 9.97 Å². The van der Waals surface area contributed by atoms with Crippen LogP contribution in [0.15, 0.2) is 41.8 Å². The molecule has 0 bridgehead atoms. The smallest absolute Gasteiger partial charge is 0.187 e. The van der Waals surface area contributed by atoms with Gasteiger partial charge in [0.15, 0.2) is 5.16 Å². The molecule has 2 rings (SSSR count). The standard InChI is InChI=1S/C16H20ClN3S/c1-16(2,3)20-10-13-8-18-15(19-9-13)21-11-12-4-6-14(17)7-5-12/h4-9,20H,10-11H2,1-3H3. The van der Waals surface area contributed by atoms with Crippen molar-refractivity contribution in [3.63, 3.8) is 0 Å². The van der Waals surface area contributed by atoms with E-state index in [-0.39, 0.29) is 5.54 Å². The Bertz CT molecular complexity index is 562. The fourth-order valence-corrected chi connectivity index (χ4v) is 2.47. The van der Waals surface area contributed by atoms with Gasteiger partial charge in [0.25, 0.3) is 0 Å². The maximum absolute atomic E-state index is 5.87. The van der Waals surface area contributed by atoms with Crippen LogP contribution in [0.25, 0.3) is 0 Å². The SMILES string of the molecule is CC(C)(C)NCc1cnc(SCc2ccc(Cl)cc2)nc1. The van der Waals surface area contributed by atoms with Gasteiger partial charge in [0, 0.05) is 40.8 Å². The molecule has 3 nitrogen and oxygen atoms in total. The fraction of sp³-hybridized carbons (Fsp3) is 0.375. The first-order valence-corrected chi connectivity index (χ1v) is 8.22. The number of nitrogens with one attached hydrogen (secondary N) is 1. The molecule has 0 aliphatic carbocycles. The molecule has 0 spiro atoms. The van der Waals surface area contributed by atoms with Crippen molar-refractivity contribution >= 4 is 23.4 Å². The van der Waals surface area contributed by atoms with E-state index in [0.717, 1.165) is 28.0 Å². The number of nitrogens with zero attached hydrogens (tertiary/aromatic N) is 2. The predicted octanol–water partition coefficient (Wildman–Crippen LogP) is 4.31. The Kier molecular flexibility index (Phi) is 5.62. The maximum Gasteiger partial charge on any atom is 0.187 e. The lowest BCUT2D eigenvalue weighted by molar-refractivity contribution is 0.423. The highest BCUT2D eigenvalue weighted by Crippen LogP contribution is 2.20. The summed E-state index contributed by atoms with van der Waals surface area (Å²) in [6, 6.07) is 7.85. The monoisotopic (exact) mass is 321 g/mol. The Balaban J connectivity index is 1.86. The number of rotatable bonds is 5.